The van der Waals surface area contributed by atoms with E-state index in [0.29, 0.717) is 6.42 Å². The normalized spacial score (nSPS) is 15.9. The van der Waals surface area contributed by atoms with Crippen molar-refractivity contribution in [2.75, 3.05) is 0 Å². The van der Waals surface area contributed by atoms with Gasteiger partial charge in [0.25, 0.3) is 0 Å². The molecule has 0 unspecified atom stereocenters. The zero-order valence-corrected chi connectivity index (χ0v) is 6.53. The summed E-state index contributed by atoms with van der Waals surface area (Å²) in [5.74, 6) is -1.09. The van der Waals surface area contributed by atoms with Crippen LogP contribution >= 0.6 is 0 Å². The van der Waals surface area contributed by atoms with Gasteiger partial charge in [-0.1, -0.05) is 13.3 Å². The Kier molecular flexibility index (Phi) is 4.81. The lowest BCUT2D eigenvalue weighted by Crippen LogP contribution is -2.28. The van der Waals surface area contributed by atoms with Crippen LogP contribution in [-0.2, 0) is 4.79 Å². The Morgan fingerprint density at radius 2 is 1.91 bits per heavy atom. The first-order valence-corrected chi connectivity index (χ1v) is 3.65. The third-order valence-corrected chi connectivity index (χ3v) is 1.41. The first-order valence-electron chi connectivity index (χ1n) is 3.65. The molecule has 66 valence electrons. The molecule has 4 nitrogen and oxygen atoms in total. The van der Waals surface area contributed by atoms with E-state index in [1.54, 1.807) is 0 Å². The molecule has 0 aromatic heterocycles. The van der Waals surface area contributed by atoms with Crippen LogP contribution in [0.3, 0.4) is 0 Å². The van der Waals surface area contributed by atoms with E-state index in [0.717, 1.165) is 6.42 Å². The van der Waals surface area contributed by atoms with Gasteiger partial charge in [-0.15, -0.1) is 0 Å². The molecule has 0 aliphatic heterocycles. The Balaban J connectivity index is 3.63. The number of carbonyl (C=O) groups is 1. The van der Waals surface area contributed by atoms with Crippen LogP contribution in [0.2, 0.25) is 0 Å². The van der Waals surface area contributed by atoms with Gasteiger partial charge in [0.1, 0.15) is 0 Å². The maximum absolute atomic E-state index is 10.0. The molecule has 0 aromatic rings. The van der Waals surface area contributed by atoms with Gasteiger partial charge < -0.3 is 15.3 Å². The van der Waals surface area contributed by atoms with Crippen LogP contribution in [0, 0.1) is 0 Å². The van der Waals surface area contributed by atoms with E-state index in [9.17, 15) is 4.79 Å². The number of rotatable bonds is 5. The molecule has 0 spiro atoms. The maximum Gasteiger partial charge on any atom is 0.306 e. The van der Waals surface area contributed by atoms with Crippen LogP contribution in [0.15, 0.2) is 0 Å². The van der Waals surface area contributed by atoms with Crippen molar-refractivity contribution in [1.82, 2.24) is 0 Å². The number of aliphatic hydroxyl groups is 2. The van der Waals surface area contributed by atoms with E-state index in [1.165, 1.54) is 0 Å². The highest BCUT2D eigenvalue weighted by molar-refractivity contribution is 5.67. The Morgan fingerprint density at radius 1 is 1.36 bits per heavy atom. The molecule has 0 fully saturated rings. The lowest BCUT2D eigenvalue weighted by molar-refractivity contribution is -0.141. The summed E-state index contributed by atoms with van der Waals surface area (Å²) in [6.07, 6.45) is -1.25. The van der Waals surface area contributed by atoms with Crippen LogP contribution in [0.1, 0.15) is 26.2 Å². The summed E-state index contributed by atoms with van der Waals surface area (Å²) in [6, 6.07) is 0. The van der Waals surface area contributed by atoms with Gasteiger partial charge in [0.15, 0.2) is 0 Å². The second kappa shape index (κ2) is 5.09. The van der Waals surface area contributed by atoms with E-state index in [2.05, 4.69) is 0 Å². The van der Waals surface area contributed by atoms with E-state index in [1.807, 2.05) is 6.92 Å². The number of carboxylic acid groups (broad SMARTS) is 1. The van der Waals surface area contributed by atoms with Crippen LogP contribution < -0.4 is 0 Å². The number of hydrogen-bond acceptors (Lipinski definition) is 3. The molecule has 3 N–H and O–H groups in total. The van der Waals surface area contributed by atoms with Crippen molar-refractivity contribution in [2.45, 2.75) is 38.4 Å². The molecule has 0 saturated carbocycles. The van der Waals surface area contributed by atoms with Crippen LogP contribution in [0.5, 0.6) is 0 Å². The average molecular weight is 162 g/mol. The largest absolute Gasteiger partial charge is 0.481 e. The fourth-order valence-electron chi connectivity index (χ4n) is 0.803. The minimum Gasteiger partial charge on any atom is -0.481 e. The zero-order valence-electron chi connectivity index (χ0n) is 6.53. The molecule has 0 bridgehead atoms. The van der Waals surface area contributed by atoms with Crippen LogP contribution in [0.4, 0.5) is 0 Å². The van der Waals surface area contributed by atoms with Gasteiger partial charge in [-0.2, -0.15) is 0 Å². The van der Waals surface area contributed by atoms with Gasteiger partial charge in [0.2, 0.25) is 0 Å². The van der Waals surface area contributed by atoms with Crippen molar-refractivity contribution in [1.29, 1.82) is 0 Å². The molecule has 11 heavy (non-hydrogen) atoms. The summed E-state index contributed by atoms with van der Waals surface area (Å²) in [5, 5.41) is 26.3. The van der Waals surface area contributed by atoms with Gasteiger partial charge in [-0.3, -0.25) is 4.79 Å². The lowest BCUT2D eigenvalue weighted by Gasteiger charge is -2.14. The number of aliphatic hydroxyl groups excluding tert-OH is 2. The predicted molar refractivity (Wildman–Crippen MR) is 39.2 cm³/mol. The minimum absolute atomic E-state index is 0.388. The van der Waals surface area contributed by atoms with E-state index in [4.69, 9.17) is 15.3 Å². The molecule has 0 amide bonds. The van der Waals surface area contributed by atoms with E-state index < -0.39 is 18.2 Å². The van der Waals surface area contributed by atoms with E-state index >= 15 is 0 Å². The molecule has 0 saturated heterocycles. The smallest absolute Gasteiger partial charge is 0.306 e. The van der Waals surface area contributed by atoms with Gasteiger partial charge in [0.05, 0.1) is 18.6 Å². The van der Waals surface area contributed by atoms with Crippen LogP contribution in [0.25, 0.3) is 0 Å². The van der Waals surface area contributed by atoms with Crippen molar-refractivity contribution < 1.29 is 20.1 Å². The molecular weight excluding hydrogens is 148 g/mol. The van der Waals surface area contributed by atoms with Crippen molar-refractivity contribution in [2.24, 2.45) is 0 Å². The average Bonchev–Trinajstić information content (AvgIpc) is 1.86. The first kappa shape index (κ1) is 10.4. The quantitative estimate of drug-likeness (QED) is 0.531. The van der Waals surface area contributed by atoms with Crippen molar-refractivity contribution in [3.05, 3.63) is 0 Å². The molecule has 0 rings (SSSR count). The Hall–Kier alpha value is -0.610. The number of aliphatic carboxylic acids is 1. The van der Waals surface area contributed by atoms with Gasteiger partial charge in [-0.25, -0.2) is 0 Å². The second-order valence-corrected chi connectivity index (χ2v) is 2.52. The standard InChI is InChI=1S/C7H14O4/c1-2-3-5(8)6(9)4-7(10)11/h5-6,8-9H,2-4H2,1H3,(H,10,11)/t5-,6-/m1/s1. The SMILES string of the molecule is CCC[C@@H](O)[C@H](O)CC(=O)O. The summed E-state index contributed by atoms with van der Waals surface area (Å²) in [5.41, 5.74) is 0. The first-order chi connectivity index (χ1) is 5.07. The number of hydrogen-bond donors (Lipinski definition) is 3. The van der Waals surface area contributed by atoms with Crippen molar-refractivity contribution in [3.63, 3.8) is 0 Å². The fourth-order valence-corrected chi connectivity index (χ4v) is 0.803. The van der Waals surface area contributed by atoms with Gasteiger partial charge in [-0.05, 0) is 6.42 Å². The highest BCUT2D eigenvalue weighted by atomic mass is 16.4. The van der Waals surface area contributed by atoms with Gasteiger partial charge in [0, 0.05) is 0 Å². The summed E-state index contributed by atoms with van der Waals surface area (Å²) in [7, 11) is 0. The molecule has 0 aliphatic carbocycles. The molecular formula is C7H14O4. The summed E-state index contributed by atoms with van der Waals surface area (Å²) in [6.45, 7) is 1.86. The predicted octanol–water partition coefficient (Wildman–Crippen LogP) is -0.0170. The summed E-state index contributed by atoms with van der Waals surface area (Å²) >= 11 is 0. The van der Waals surface area contributed by atoms with Crippen LogP contribution in [-0.4, -0.2) is 33.5 Å². The third kappa shape index (κ3) is 4.75. The Labute approximate surface area is 65.5 Å². The van der Waals surface area contributed by atoms with Crippen molar-refractivity contribution >= 4 is 5.97 Å². The highest BCUT2D eigenvalue weighted by Crippen LogP contribution is 2.05. The maximum atomic E-state index is 10.0. The topological polar surface area (TPSA) is 77.8 Å². The molecule has 2 atom stereocenters. The third-order valence-electron chi connectivity index (χ3n) is 1.41. The van der Waals surface area contributed by atoms with Gasteiger partial charge >= 0.3 is 5.97 Å². The molecule has 4 heteroatoms. The molecule has 0 aliphatic rings. The molecule has 0 radical (unpaired) electrons. The number of carboxylic acids is 1. The Morgan fingerprint density at radius 3 is 2.27 bits per heavy atom. The molecule has 0 heterocycles. The summed E-state index contributed by atoms with van der Waals surface area (Å²) in [4.78, 5) is 10.0. The fraction of sp³-hybridized carbons (Fsp3) is 0.857. The van der Waals surface area contributed by atoms with E-state index in [-0.39, 0.29) is 6.42 Å². The molecule has 0 aromatic carbocycles. The van der Waals surface area contributed by atoms with Crippen molar-refractivity contribution in [3.8, 4) is 0 Å². The second-order valence-electron chi connectivity index (χ2n) is 2.52. The Bertz CT molecular complexity index is 124. The zero-order chi connectivity index (χ0) is 8.85. The highest BCUT2D eigenvalue weighted by Gasteiger charge is 2.17. The monoisotopic (exact) mass is 162 g/mol. The minimum atomic E-state index is -1.13. The summed E-state index contributed by atoms with van der Waals surface area (Å²) < 4.78 is 0. The lowest BCUT2D eigenvalue weighted by atomic mass is 10.1.